The number of nitriles is 1. The van der Waals surface area contributed by atoms with Gasteiger partial charge in [-0.05, 0) is 95.5 Å². The van der Waals surface area contributed by atoms with Gasteiger partial charge in [-0.1, -0.05) is 18.1 Å². The molecule has 0 saturated carbocycles. The van der Waals surface area contributed by atoms with Gasteiger partial charge in [0.15, 0.2) is 17.3 Å². The van der Waals surface area contributed by atoms with Crippen molar-refractivity contribution in [1.29, 1.82) is 5.26 Å². The number of anilines is 3. The van der Waals surface area contributed by atoms with Crippen molar-refractivity contribution in [3.63, 3.8) is 0 Å². The van der Waals surface area contributed by atoms with Gasteiger partial charge in [0.2, 0.25) is 5.88 Å². The van der Waals surface area contributed by atoms with E-state index in [-0.39, 0.29) is 6.10 Å². The zero-order valence-corrected chi connectivity index (χ0v) is 25.8. The van der Waals surface area contributed by atoms with E-state index in [1.165, 1.54) is 16.2 Å². The smallest absolute Gasteiger partial charge is 0.219 e. The highest BCUT2D eigenvalue weighted by atomic mass is 32.1. The number of hydrogen-bond acceptors (Lipinski definition) is 11. The molecule has 0 fully saturated rings. The summed E-state index contributed by atoms with van der Waals surface area (Å²) in [6, 6.07) is 9.87. The van der Waals surface area contributed by atoms with Crippen molar-refractivity contribution < 1.29 is 9.26 Å². The average Bonchev–Trinajstić information content (AvgIpc) is 3.59. The number of pyridine rings is 1. The van der Waals surface area contributed by atoms with Crippen molar-refractivity contribution in [2.24, 2.45) is 5.92 Å². The van der Waals surface area contributed by atoms with Crippen LogP contribution in [-0.4, -0.2) is 39.8 Å². The van der Waals surface area contributed by atoms with Crippen molar-refractivity contribution in [2.75, 3.05) is 24.6 Å². The number of nitrogens with one attached hydrogen (secondary N) is 2. The number of nitrogens with zero attached hydrogens (tertiary/aromatic N) is 5. The van der Waals surface area contributed by atoms with Gasteiger partial charge in [-0.3, -0.25) is 0 Å². The lowest BCUT2D eigenvalue weighted by Gasteiger charge is -2.39. The van der Waals surface area contributed by atoms with Crippen molar-refractivity contribution >= 4 is 28.0 Å². The lowest BCUT2D eigenvalue weighted by atomic mass is 9.63. The van der Waals surface area contributed by atoms with Crippen molar-refractivity contribution in [3.05, 3.63) is 57.8 Å². The third kappa shape index (κ3) is 5.57. The molecule has 43 heavy (non-hydrogen) atoms. The molecule has 0 aromatic carbocycles. The molecule has 2 aliphatic carbocycles. The van der Waals surface area contributed by atoms with Crippen LogP contribution in [0.5, 0.6) is 5.88 Å². The summed E-state index contributed by atoms with van der Waals surface area (Å²) in [6.07, 6.45) is 9.26. The first kappa shape index (κ1) is 29.1. The Bertz CT molecular complexity index is 1620. The second kappa shape index (κ2) is 12.3. The maximum atomic E-state index is 10.0. The molecule has 0 amide bonds. The Labute approximate surface area is 256 Å². The molecule has 4 N–H and O–H groups in total. The number of hydrogen-bond donors (Lipinski definition) is 3. The van der Waals surface area contributed by atoms with Gasteiger partial charge in [-0.25, -0.2) is 9.97 Å². The van der Waals surface area contributed by atoms with Crippen LogP contribution in [0.25, 0.3) is 11.5 Å². The summed E-state index contributed by atoms with van der Waals surface area (Å²) in [5.74, 6) is 3.30. The van der Waals surface area contributed by atoms with Crippen LogP contribution in [0.3, 0.4) is 0 Å². The summed E-state index contributed by atoms with van der Waals surface area (Å²) >= 11 is 1.54. The molecule has 224 valence electrons. The van der Waals surface area contributed by atoms with E-state index < -0.39 is 5.41 Å². The standard InChI is InChI=1S/C32H38N8O2S/c1-19(9-8-15-35-3)20(2)41-26-17-25(37-24-12-4-5-16-36-24)38-31(39-26)28-21-10-6-13-32(29(21)42-40-28)14-7-11-23-27(32)22(18-33)30(34)43-23/h4-5,12,16-17,19-20,35H,6-11,13-15,34H2,1-3H3,(H,36,37,38,39)/t19-,20-,32-/m0/s1. The lowest BCUT2D eigenvalue weighted by molar-refractivity contribution is 0.147. The number of nitrogen functional groups attached to an aromatic ring is 1. The van der Waals surface area contributed by atoms with Crippen LogP contribution in [0, 0.1) is 17.2 Å². The van der Waals surface area contributed by atoms with Gasteiger partial charge in [0, 0.05) is 22.7 Å². The number of fused-ring (bicyclic) bond motifs is 4. The van der Waals surface area contributed by atoms with E-state index in [9.17, 15) is 5.26 Å². The number of thiophene rings is 1. The summed E-state index contributed by atoms with van der Waals surface area (Å²) in [5.41, 5.74) is 9.18. The molecule has 10 nitrogen and oxygen atoms in total. The first-order valence-corrected chi connectivity index (χ1v) is 15.9. The highest BCUT2D eigenvalue weighted by molar-refractivity contribution is 7.16. The topological polar surface area (TPSA) is 148 Å². The molecular weight excluding hydrogens is 560 g/mol. The summed E-state index contributed by atoms with van der Waals surface area (Å²) in [7, 11) is 1.97. The number of aromatic nitrogens is 4. The highest BCUT2D eigenvalue weighted by Crippen LogP contribution is 2.55. The quantitative estimate of drug-likeness (QED) is 0.182. The van der Waals surface area contributed by atoms with Gasteiger partial charge < -0.3 is 25.6 Å². The molecule has 1 spiro atoms. The molecule has 2 aliphatic rings. The minimum atomic E-state index is -0.411. The van der Waals surface area contributed by atoms with Gasteiger partial charge in [0.25, 0.3) is 0 Å². The number of ether oxygens (including phenoxy) is 1. The van der Waals surface area contributed by atoms with E-state index in [4.69, 9.17) is 25.0 Å². The van der Waals surface area contributed by atoms with E-state index >= 15 is 0 Å². The summed E-state index contributed by atoms with van der Waals surface area (Å²) in [6.45, 7) is 5.26. The van der Waals surface area contributed by atoms with E-state index in [0.29, 0.717) is 45.5 Å². The average molecular weight is 599 g/mol. The Hall–Kier alpha value is -4.01. The van der Waals surface area contributed by atoms with E-state index in [0.717, 1.165) is 74.8 Å². The number of aryl methyl sites for hydroxylation is 1. The second-order valence-electron chi connectivity index (χ2n) is 11.7. The summed E-state index contributed by atoms with van der Waals surface area (Å²) in [4.78, 5) is 15.3. The molecule has 3 atom stereocenters. The molecule has 0 unspecified atom stereocenters. The second-order valence-corrected chi connectivity index (χ2v) is 12.8. The fourth-order valence-electron chi connectivity index (χ4n) is 6.58. The van der Waals surface area contributed by atoms with Gasteiger partial charge in [0.05, 0.1) is 11.0 Å². The maximum absolute atomic E-state index is 10.0. The highest BCUT2D eigenvalue weighted by Gasteiger charge is 2.48. The molecule has 0 aliphatic heterocycles. The van der Waals surface area contributed by atoms with E-state index in [1.807, 2.05) is 31.3 Å². The summed E-state index contributed by atoms with van der Waals surface area (Å²) < 4.78 is 12.6. The largest absolute Gasteiger partial charge is 0.474 e. The predicted molar refractivity (Wildman–Crippen MR) is 168 cm³/mol. The lowest BCUT2D eigenvalue weighted by Crippen LogP contribution is -2.35. The minimum absolute atomic E-state index is 0.0501. The maximum Gasteiger partial charge on any atom is 0.219 e. The van der Waals surface area contributed by atoms with Crippen LogP contribution in [0.4, 0.5) is 16.6 Å². The monoisotopic (exact) mass is 598 g/mol. The van der Waals surface area contributed by atoms with Crippen molar-refractivity contribution in [2.45, 2.75) is 76.7 Å². The SMILES string of the molecule is CNCCC[C@H](C)[C@H](C)Oc1cc(Nc2ccccn2)nc(-c2noc3c2CCC[C@@]32CCCc3sc(N)c(C#N)c32)n1. The van der Waals surface area contributed by atoms with E-state index in [2.05, 4.69) is 40.7 Å². The molecule has 4 aromatic heterocycles. The van der Waals surface area contributed by atoms with Crippen LogP contribution in [-0.2, 0) is 18.3 Å². The normalized spacial score (nSPS) is 18.8. The molecule has 4 aromatic rings. The molecule has 0 bridgehead atoms. The van der Waals surface area contributed by atoms with Crippen LogP contribution in [0.1, 0.15) is 79.7 Å². The fraction of sp³-hybridized carbons (Fsp3) is 0.469. The third-order valence-electron chi connectivity index (χ3n) is 8.89. The zero-order valence-electron chi connectivity index (χ0n) is 24.9. The minimum Gasteiger partial charge on any atom is -0.474 e. The van der Waals surface area contributed by atoms with Gasteiger partial charge in [0.1, 0.15) is 28.8 Å². The van der Waals surface area contributed by atoms with E-state index in [1.54, 1.807) is 6.20 Å². The molecule has 6 rings (SSSR count). The first-order chi connectivity index (χ1) is 20.9. The van der Waals surface area contributed by atoms with Gasteiger partial charge in [-0.2, -0.15) is 10.2 Å². The molecule has 0 saturated heterocycles. The van der Waals surface area contributed by atoms with Crippen molar-refractivity contribution in [3.8, 4) is 23.5 Å². The van der Waals surface area contributed by atoms with Gasteiger partial charge >= 0.3 is 0 Å². The molecule has 4 heterocycles. The van der Waals surface area contributed by atoms with Crippen LogP contribution >= 0.6 is 11.3 Å². The van der Waals surface area contributed by atoms with Crippen molar-refractivity contribution in [1.82, 2.24) is 25.4 Å². The third-order valence-corrected chi connectivity index (χ3v) is 9.97. The van der Waals surface area contributed by atoms with Crippen LogP contribution in [0.15, 0.2) is 35.0 Å². The zero-order chi connectivity index (χ0) is 30.0. The predicted octanol–water partition coefficient (Wildman–Crippen LogP) is 6.15. The Morgan fingerprint density at radius 2 is 2.02 bits per heavy atom. The summed E-state index contributed by atoms with van der Waals surface area (Å²) in [5, 5.41) is 21.7. The molecular formula is C32H38N8O2S. The number of rotatable bonds is 10. The molecule has 0 radical (unpaired) electrons. The Morgan fingerprint density at radius 1 is 1.19 bits per heavy atom. The Morgan fingerprint density at radius 3 is 2.79 bits per heavy atom. The fourth-order valence-corrected chi connectivity index (χ4v) is 7.74. The Balaban J connectivity index is 1.39. The van der Waals surface area contributed by atoms with Crippen LogP contribution in [0.2, 0.25) is 0 Å². The molecule has 11 heteroatoms. The number of nitrogens with two attached hydrogens (primary N) is 1. The Kier molecular flexibility index (Phi) is 8.32. The first-order valence-electron chi connectivity index (χ1n) is 15.1. The van der Waals surface area contributed by atoms with Crippen LogP contribution < -0.4 is 21.1 Å². The van der Waals surface area contributed by atoms with Gasteiger partial charge in [-0.15, -0.1) is 11.3 Å².